The number of fused-ring (bicyclic) bond motifs is 1. The minimum absolute atomic E-state index is 0.0471. The second kappa shape index (κ2) is 8.67. The first kappa shape index (κ1) is 21.9. The summed E-state index contributed by atoms with van der Waals surface area (Å²) in [4.78, 5) is 15.3. The maximum absolute atomic E-state index is 13.6. The van der Waals surface area contributed by atoms with Gasteiger partial charge in [0.25, 0.3) is 10.0 Å². The van der Waals surface area contributed by atoms with Gasteiger partial charge in [0.2, 0.25) is 5.91 Å². The van der Waals surface area contributed by atoms with Gasteiger partial charge in [0.1, 0.15) is 12.3 Å². The molecule has 4 rings (SSSR count). The Labute approximate surface area is 189 Å². The number of hydrogen-bond acceptors (Lipinski definition) is 4. The Morgan fingerprint density at radius 2 is 1.78 bits per heavy atom. The summed E-state index contributed by atoms with van der Waals surface area (Å²) in [7, 11) is -2.47. The number of nitrogens with zero attached hydrogens (tertiary/aromatic N) is 2. The molecule has 166 valence electrons. The number of rotatable bonds is 6. The Kier molecular flexibility index (Phi) is 5.93. The highest BCUT2D eigenvalue weighted by molar-refractivity contribution is 7.92. The molecule has 0 aromatic heterocycles. The van der Waals surface area contributed by atoms with E-state index in [9.17, 15) is 13.2 Å². The number of hydrogen-bond donors (Lipinski definition) is 0. The van der Waals surface area contributed by atoms with Crippen molar-refractivity contribution in [2.24, 2.45) is 0 Å². The molecule has 0 aliphatic carbocycles. The number of methoxy groups -OCH3 is 1. The molecule has 1 aliphatic heterocycles. The van der Waals surface area contributed by atoms with Crippen LogP contribution in [0.15, 0.2) is 77.7 Å². The molecule has 1 aliphatic rings. The van der Waals surface area contributed by atoms with Crippen LogP contribution in [0.4, 0.5) is 11.4 Å². The van der Waals surface area contributed by atoms with E-state index >= 15 is 0 Å². The van der Waals surface area contributed by atoms with E-state index in [1.807, 2.05) is 38.1 Å². The fourth-order valence-corrected chi connectivity index (χ4v) is 5.47. The van der Waals surface area contributed by atoms with Crippen molar-refractivity contribution >= 4 is 27.3 Å². The number of anilines is 2. The predicted molar refractivity (Wildman–Crippen MR) is 126 cm³/mol. The molecule has 0 spiro atoms. The van der Waals surface area contributed by atoms with Crippen LogP contribution >= 0.6 is 0 Å². The standard InChI is InChI=1S/C25H26N2O4S/c1-18-11-13-23(14-12-18)32(29,30)26(21-8-6-9-22(16-21)31-3)17-25(28)27-19(2)15-20-7-4-5-10-24(20)27/h4-14,16,19H,15,17H2,1-3H3. The highest BCUT2D eigenvalue weighted by Crippen LogP contribution is 2.33. The first-order valence-electron chi connectivity index (χ1n) is 10.4. The van der Waals surface area contributed by atoms with Gasteiger partial charge < -0.3 is 9.64 Å². The predicted octanol–water partition coefficient (Wildman–Crippen LogP) is 4.18. The molecule has 7 heteroatoms. The van der Waals surface area contributed by atoms with Crippen molar-refractivity contribution in [2.75, 3.05) is 22.9 Å². The van der Waals surface area contributed by atoms with Gasteiger partial charge in [-0.05, 0) is 56.2 Å². The number of para-hydroxylation sites is 1. The number of aryl methyl sites for hydroxylation is 1. The summed E-state index contributed by atoms with van der Waals surface area (Å²) >= 11 is 0. The van der Waals surface area contributed by atoms with Crippen LogP contribution in [0.25, 0.3) is 0 Å². The minimum Gasteiger partial charge on any atom is -0.497 e. The lowest BCUT2D eigenvalue weighted by Gasteiger charge is -2.29. The molecule has 0 fully saturated rings. The van der Waals surface area contributed by atoms with Crippen LogP contribution < -0.4 is 13.9 Å². The van der Waals surface area contributed by atoms with E-state index in [-0.39, 0.29) is 23.4 Å². The Morgan fingerprint density at radius 3 is 2.50 bits per heavy atom. The van der Waals surface area contributed by atoms with Crippen molar-refractivity contribution in [1.82, 2.24) is 0 Å². The third-order valence-electron chi connectivity index (χ3n) is 5.71. The molecule has 1 heterocycles. The molecule has 3 aromatic carbocycles. The molecule has 0 bridgehead atoms. The average Bonchev–Trinajstić information content (AvgIpc) is 3.13. The van der Waals surface area contributed by atoms with Gasteiger partial charge in [0.05, 0.1) is 17.7 Å². The van der Waals surface area contributed by atoms with E-state index in [0.717, 1.165) is 27.5 Å². The van der Waals surface area contributed by atoms with Crippen LogP contribution in [0.3, 0.4) is 0 Å². The van der Waals surface area contributed by atoms with Gasteiger partial charge in [-0.15, -0.1) is 0 Å². The molecule has 0 saturated carbocycles. The van der Waals surface area contributed by atoms with Gasteiger partial charge in [0.15, 0.2) is 0 Å². The maximum atomic E-state index is 13.6. The number of amides is 1. The minimum atomic E-state index is -3.99. The lowest BCUT2D eigenvalue weighted by molar-refractivity contribution is -0.117. The van der Waals surface area contributed by atoms with Crippen LogP contribution in [0, 0.1) is 6.92 Å². The molecule has 0 saturated heterocycles. The summed E-state index contributed by atoms with van der Waals surface area (Å²) in [6.07, 6.45) is 0.742. The first-order chi connectivity index (χ1) is 15.3. The zero-order valence-corrected chi connectivity index (χ0v) is 19.2. The Bertz CT molecular complexity index is 1240. The van der Waals surface area contributed by atoms with Crippen molar-refractivity contribution in [3.8, 4) is 5.75 Å². The van der Waals surface area contributed by atoms with E-state index in [2.05, 4.69) is 0 Å². The fraction of sp³-hybridized carbons (Fsp3) is 0.240. The van der Waals surface area contributed by atoms with E-state index in [1.165, 1.54) is 7.11 Å². The molecule has 1 amide bonds. The number of benzene rings is 3. The molecule has 0 radical (unpaired) electrons. The summed E-state index contributed by atoms with van der Waals surface area (Å²) in [6.45, 7) is 3.55. The van der Waals surface area contributed by atoms with Gasteiger partial charge in [-0.3, -0.25) is 9.10 Å². The lowest BCUT2D eigenvalue weighted by atomic mass is 10.1. The van der Waals surface area contributed by atoms with E-state index < -0.39 is 10.0 Å². The van der Waals surface area contributed by atoms with Crippen LogP contribution in [-0.2, 0) is 21.2 Å². The third-order valence-corrected chi connectivity index (χ3v) is 7.49. The maximum Gasteiger partial charge on any atom is 0.264 e. The average molecular weight is 451 g/mol. The largest absolute Gasteiger partial charge is 0.497 e. The van der Waals surface area contributed by atoms with Gasteiger partial charge in [-0.2, -0.15) is 0 Å². The normalized spacial score (nSPS) is 15.3. The van der Waals surface area contributed by atoms with Crippen molar-refractivity contribution in [1.29, 1.82) is 0 Å². The number of carbonyl (C=O) groups excluding carboxylic acids is 1. The summed E-state index contributed by atoms with van der Waals surface area (Å²) in [5.74, 6) is 0.236. The summed E-state index contributed by atoms with van der Waals surface area (Å²) in [6, 6.07) is 21.1. The number of ether oxygens (including phenoxy) is 1. The van der Waals surface area contributed by atoms with Crippen LogP contribution in [0.1, 0.15) is 18.1 Å². The first-order valence-corrected chi connectivity index (χ1v) is 11.9. The highest BCUT2D eigenvalue weighted by atomic mass is 32.2. The van der Waals surface area contributed by atoms with Gasteiger partial charge in [-0.25, -0.2) is 8.42 Å². The molecule has 1 unspecified atom stereocenters. The van der Waals surface area contributed by atoms with Crippen LogP contribution in [-0.4, -0.2) is 34.0 Å². The monoisotopic (exact) mass is 450 g/mol. The Balaban J connectivity index is 1.74. The van der Waals surface area contributed by atoms with E-state index in [0.29, 0.717) is 11.4 Å². The van der Waals surface area contributed by atoms with Crippen LogP contribution in [0.2, 0.25) is 0 Å². The van der Waals surface area contributed by atoms with Gasteiger partial charge in [0, 0.05) is 17.8 Å². The second-order valence-electron chi connectivity index (χ2n) is 7.97. The Morgan fingerprint density at radius 1 is 1.06 bits per heavy atom. The van der Waals surface area contributed by atoms with Crippen molar-refractivity contribution in [3.05, 3.63) is 83.9 Å². The molecule has 1 atom stereocenters. The lowest BCUT2D eigenvalue weighted by Crippen LogP contribution is -2.45. The zero-order chi connectivity index (χ0) is 22.9. The SMILES string of the molecule is COc1cccc(N(CC(=O)N2c3ccccc3CC2C)S(=O)(=O)c2ccc(C)cc2)c1. The van der Waals surface area contributed by atoms with Crippen molar-refractivity contribution in [2.45, 2.75) is 31.2 Å². The Hall–Kier alpha value is -3.32. The van der Waals surface area contributed by atoms with E-state index in [4.69, 9.17) is 4.74 Å². The van der Waals surface area contributed by atoms with Crippen molar-refractivity contribution in [3.63, 3.8) is 0 Å². The van der Waals surface area contributed by atoms with Gasteiger partial charge in [-0.1, -0.05) is 42.0 Å². The van der Waals surface area contributed by atoms with Gasteiger partial charge >= 0.3 is 0 Å². The number of sulfonamides is 1. The fourth-order valence-electron chi connectivity index (χ4n) is 4.06. The molecular formula is C25H26N2O4S. The quantitative estimate of drug-likeness (QED) is 0.565. The third kappa shape index (κ3) is 4.08. The summed E-state index contributed by atoms with van der Waals surface area (Å²) < 4.78 is 33.7. The molecular weight excluding hydrogens is 424 g/mol. The second-order valence-corrected chi connectivity index (χ2v) is 9.83. The summed E-state index contributed by atoms with van der Waals surface area (Å²) in [5, 5.41) is 0. The molecule has 0 N–H and O–H groups in total. The highest BCUT2D eigenvalue weighted by Gasteiger charge is 2.34. The summed E-state index contributed by atoms with van der Waals surface area (Å²) in [5.41, 5.74) is 3.25. The topological polar surface area (TPSA) is 66.9 Å². The molecule has 3 aromatic rings. The molecule has 32 heavy (non-hydrogen) atoms. The van der Waals surface area contributed by atoms with Crippen LogP contribution in [0.5, 0.6) is 5.75 Å². The van der Waals surface area contributed by atoms with E-state index in [1.54, 1.807) is 53.4 Å². The molecule has 6 nitrogen and oxygen atoms in total. The van der Waals surface area contributed by atoms with Crippen molar-refractivity contribution < 1.29 is 17.9 Å². The number of carbonyl (C=O) groups is 1. The smallest absolute Gasteiger partial charge is 0.264 e. The zero-order valence-electron chi connectivity index (χ0n) is 18.4.